The molecule has 2 aromatic rings. The van der Waals surface area contributed by atoms with E-state index >= 15 is 0 Å². The molecule has 1 amide bonds. The van der Waals surface area contributed by atoms with Crippen LogP contribution < -0.4 is 14.8 Å². The standard InChI is InChI=1S/C20H23NO3/c1-3-17(16-8-4-14(2)5-9-16)21-20(22)11-7-15-6-10-18-19(12-15)24-13-23-18/h4-6,8-10,12,17H,3,7,11,13H2,1-2H3,(H,21,22)/t17-/m1/s1. The van der Waals surface area contributed by atoms with Crippen molar-refractivity contribution in [2.45, 2.75) is 39.2 Å². The van der Waals surface area contributed by atoms with E-state index in [-0.39, 0.29) is 18.7 Å². The summed E-state index contributed by atoms with van der Waals surface area (Å²) < 4.78 is 10.7. The van der Waals surface area contributed by atoms with E-state index in [9.17, 15) is 4.79 Å². The van der Waals surface area contributed by atoms with E-state index in [0.29, 0.717) is 12.8 Å². The van der Waals surface area contributed by atoms with Gasteiger partial charge >= 0.3 is 0 Å². The van der Waals surface area contributed by atoms with Gasteiger partial charge in [-0.15, -0.1) is 0 Å². The molecule has 0 radical (unpaired) electrons. The average molecular weight is 325 g/mol. The van der Waals surface area contributed by atoms with Gasteiger partial charge in [0.2, 0.25) is 12.7 Å². The van der Waals surface area contributed by atoms with Crippen LogP contribution in [0.1, 0.15) is 42.5 Å². The summed E-state index contributed by atoms with van der Waals surface area (Å²) in [6.45, 7) is 4.42. The van der Waals surface area contributed by atoms with Crippen LogP contribution in [0.2, 0.25) is 0 Å². The number of fused-ring (bicyclic) bond motifs is 1. The molecule has 0 saturated heterocycles. The van der Waals surface area contributed by atoms with Crippen molar-refractivity contribution in [3.8, 4) is 11.5 Å². The maximum Gasteiger partial charge on any atom is 0.231 e. The van der Waals surface area contributed by atoms with Crippen molar-refractivity contribution in [3.63, 3.8) is 0 Å². The zero-order chi connectivity index (χ0) is 16.9. The van der Waals surface area contributed by atoms with Crippen molar-refractivity contribution in [2.75, 3.05) is 6.79 Å². The lowest BCUT2D eigenvalue weighted by molar-refractivity contribution is -0.121. The third kappa shape index (κ3) is 3.88. The minimum atomic E-state index is 0.0647. The Bertz CT molecular complexity index is 709. The molecule has 1 heterocycles. The molecule has 2 aromatic carbocycles. The van der Waals surface area contributed by atoms with Gasteiger partial charge in [0.15, 0.2) is 11.5 Å². The normalized spacial score (nSPS) is 13.6. The Morgan fingerprint density at radius 1 is 1.12 bits per heavy atom. The number of hydrogen-bond donors (Lipinski definition) is 1. The van der Waals surface area contributed by atoms with Gasteiger partial charge in [-0.05, 0) is 43.0 Å². The topological polar surface area (TPSA) is 47.6 Å². The van der Waals surface area contributed by atoms with Gasteiger partial charge in [0, 0.05) is 6.42 Å². The number of rotatable bonds is 6. The molecule has 3 rings (SSSR count). The number of carbonyl (C=O) groups excluding carboxylic acids is 1. The fraction of sp³-hybridized carbons (Fsp3) is 0.350. The van der Waals surface area contributed by atoms with Crippen LogP contribution in [0.4, 0.5) is 0 Å². The Balaban J connectivity index is 1.55. The second-order valence-electron chi connectivity index (χ2n) is 6.13. The molecule has 126 valence electrons. The maximum absolute atomic E-state index is 12.3. The lowest BCUT2D eigenvalue weighted by Gasteiger charge is -2.17. The van der Waals surface area contributed by atoms with Gasteiger partial charge in [0.1, 0.15) is 0 Å². The molecule has 4 nitrogen and oxygen atoms in total. The highest BCUT2D eigenvalue weighted by atomic mass is 16.7. The van der Waals surface area contributed by atoms with Crippen molar-refractivity contribution >= 4 is 5.91 Å². The molecule has 0 fully saturated rings. The molecule has 0 bridgehead atoms. The number of nitrogens with one attached hydrogen (secondary N) is 1. The fourth-order valence-corrected chi connectivity index (χ4v) is 2.84. The Morgan fingerprint density at radius 3 is 2.62 bits per heavy atom. The fourth-order valence-electron chi connectivity index (χ4n) is 2.84. The summed E-state index contributed by atoms with van der Waals surface area (Å²) in [5.74, 6) is 1.60. The third-order valence-corrected chi connectivity index (χ3v) is 4.30. The van der Waals surface area contributed by atoms with Crippen molar-refractivity contribution in [1.29, 1.82) is 0 Å². The summed E-state index contributed by atoms with van der Waals surface area (Å²) in [4.78, 5) is 12.3. The van der Waals surface area contributed by atoms with E-state index in [1.165, 1.54) is 5.56 Å². The SMILES string of the molecule is CC[C@@H](NC(=O)CCc1ccc2c(c1)OCO2)c1ccc(C)cc1. The molecule has 0 spiro atoms. The molecule has 1 aliphatic rings. The van der Waals surface area contributed by atoms with Crippen LogP contribution in [-0.4, -0.2) is 12.7 Å². The quantitative estimate of drug-likeness (QED) is 0.875. The van der Waals surface area contributed by atoms with Crippen molar-refractivity contribution < 1.29 is 14.3 Å². The van der Waals surface area contributed by atoms with Crippen LogP contribution in [0.25, 0.3) is 0 Å². The minimum Gasteiger partial charge on any atom is -0.454 e. The first-order valence-electron chi connectivity index (χ1n) is 8.40. The summed E-state index contributed by atoms with van der Waals surface area (Å²) in [5, 5.41) is 3.13. The second-order valence-corrected chi connectivity index (χ2v) is 6.13. The van der Waals surface area contributed by atoms with E-state index in [0.717, 1.165) is 29.0 Å². The molecule has 0 saturated carbocycles. The molecule has 0 aromatic heterocycles. The smallest absolute Gasteiger partial charge is 0.231 e. The molecule has 1 N–H and O–H groups in total. The number of amides is 1. The molecular formula is C20H23NO3. The largest absolute Gasteiger partial charge is 0.454 e. The monoisotopic (exact) mass is 325 g/mol. The van der Waals surface area contributed by atoms with Crippen LogP contribution in [-0.2, 0) is 11.2 Å². The van der Waals surface area contributed by atoms with Gasteiger partial charge in [-0.1, -0.05) is 42.8 Å². The minimum absolute atomic E-state index is 0.0647. The number of hydrogen-bond acceptors (Lipinski definition) is 3. The Hall–Kier alpha value is -2.49. The molecule has 0 aliphatic carbocycles. The third-order valence-electron chi connectivity index (χ3n) is 4.30. The zero-order valence-electron chi connectivity index (χ0n) is 14.2. The van der Waals surface area contributed by atoms with Crippen molar-refractivity contribution in [1.82, 2.24) is 5.32 Å². The van der Waals surface area contributed by atoms with E-state index in [1.807, 2.05) is 18.2 Å². The summed E-state index contributed by atoms with van der Waals surface area (Å²) in [6.07, 6.45) is 2.02. The summed E-state index contributed by atoms with van der Waals surface area (Å²) in [6, 6.07) is 14.2. The van der Waals surface area contributed by atoms with Gasteiger partial charge < -0.3 is 14.8 Å². The molecule has 1 aliphatic heterocycles. The van der Waals surface area contributed by atoms with Crippen LogP contribution in [0, 0.1) is 6.92 Å². The van der Waals surface area contributed by atoms with Gasteiger partial charge in [-0.3, -0.25) is 4.79 Å². The molecule has 1 atom stereocenters. The number of carbonyl (C=O) groups is 1. The zero-order valence-corrected chi connectivity index (χ0v) is 14.2. The summed E-state index contributed by atoms with van der Waals surface area (Å²) >= 11 is 0. The van der Waals surface area contributed by atoms with Crippen LogP contribution in [0.15, 0.2) is 42.5 Å². The van der Waals surface area contributed by atoms with Crippen molar-refractivity contribution in [2.24, 2.45) is 0 Å². The average Bonchev–Trinajstić information content (AvgIpc) is 3.06. The molecular weight excluding hydrogens is 302 g/mol. The number of ether oxygens (including phenoxy) is 2. The molecule has 4 heteroatoms. The van der Waals surface area contributed by atoms with Gasteiger partial charge in [0.05, 0.1) is 6.04 Å². The highest BCUT2D eigenvalue weighted by Crippen LogP contribution is 2.32. The lowest BCUT2D eigenvalue weighted by atomic mass is 10.0. The Kier molecular flexibility index (Phi) is 5.04. The molecule has 0 unspecified atom stereocenters. The van der Waals surface area contributed by atoms with Crippen LogP contribution in [0.5, 0.6) is 11.5 Å². The number of benzene rings is 2. The van der Waals surface area contributed by atoms with Crippen LogP contribution in [0.3, 0.4) is 0 Å². The Morgan fingerprint density at radius 2 is 1.88 bits per heavy atom. The maximum atomic E-state index is 12.3. The number of aryl methyl sites for hydroxylation is 2. The first kappa shape index (κ1) is 16.4. The van der Waals surface area contributed by atoms with Gasteiger partial charge in [-0.2, -0.15) is 0 Å². The lowest BCUT2D eigenvalue weighted by Crippen LogP contribution is -2.28. The van der Waals surface area contributed by atoms with E-state index in [1.54, 1.807) is 0 Å². The van der Waals surface area contributed by atoms with E-state index in [2.05, 4.69) is 43.4 Å². The Labute approximate surface area is 142 Å². The predicted octanol–water partition coefficient (Wildman–Crippen LogP) is 3.92. The highest BCUT2D eigenvalue weighted by molar-refractivity contribution is 5.76. The van der Waals surface area contributed by atoms with Gasteiger partial charge in [-0.25, -0.2) is 0 Å². The first-order valence-corrected chi connectivity index (χ1v) is 8.40. The highest BCUT2D eigenvalue weighted by Gasteiger charge is 2.15. The van der Waals surface area contributed by atoms with Crippen LogP contribution >= 0.6 is 0 Å². The first-order chi connectivity index (χ1) is 11.7. The molecule has 24 heavy (non-hydrogen) atoms. The van der Waals surface area contributed by atoms with Crippen molar-refractivity contribution in [3.05, 3.63) is 59.2 Å². The second kappa shape index (κ2) is 7.39. The summed E-state index contributed by atoms with van der Waals surface area (Å²) in [7, 11) is 0. The van der Waals surface area contributed by atoms with E-state index in [4.69, 9.17) is 9.47 Å². The van der Waals surface area contributed by atoms with E-state index < -0.39 is 0 Å². The predicted molar refractivity (Wildman–Crippen MR) is 93.2 cm³/mol. The summed E-state index contributed by atoms with van der Waals surface area (Å²) in [5.41, 5.74) is 3.46. The van der Waals surface area contributed by atoms with Gasteiger partial charge in [0.25, 0.3) is 0 Å².